The van der Waals surface area contributed by atoms with Crippen LogP contribution in [0.2, 0.25) is 0 Å². The molecule has 1 rings (SSSR count). The van der Waals surface area contributed by atoms with Gasteiger partial charge in [-0.1, -0.05) is 31.9 Å². The van der Waals surface area contributed by atoms with Gasteiger partial charge >= 0.3 is 0 Å². The predicted octanol–water partition coefficient (Wildman–Crippen LogP) is 2.72. The molecule has 1 aliphatic carbocycles. The van der Waals surface area contributed by atoms with Crippen LogP contribution in [0.3, 0.4) is 0 Å². The maximum absolute atomic E-state index is 5.55. The second kappa shape index (κ2) is 4.66. The Bertz CT molecular complexity index is 158. The Kier molecular flexibility index (Phi) is 3.80. The van der Waals surface area contributed by atoms with Gasteiger partial charge in [0.1, 0.15) is 0 Å². The van der Waals surface area contributed by atoms with Gasteiger partial charge in [0.15, 0.2) is 0 Å². The summed E-state index contributed by atoms with van der Waals surface area (Å²) >= 11 is 0. The van der Waals surface area contributed by atoms with E-state index in [9.17, 15) is 0 Å². The minimum Gasteiger partial charge on any atom is -0.327 e. The van der Waals surface area contributed by atoms with Crippen molar-refractivity contribution in [2.75, 3.05) is 6.54 Å². The van der Waals surface area contributed by atoms with Gasteiger partial charge in [-0.15, -0.1) is 0 Å². The molecule has 0 aromatic heterocycles. The molecular formula is C11H21N. The van der Waals surface area contributed by atoms with Gasteiger partial charge in [0.25, 0.3) is 0 Å². The molecule has 1 unspecified atom stereocenters. The van der Waals surface area contributed by atoms with E-state index in [4.69, 9.17) is 5.73 Å². The van der Waals surface area contributed by atoms with Crippen molar-refractivity contribution >= 4 is 0 Å². The number of hydrogen-bond donors (Lipinski definition) is 1. The molecule has 0 saturated heterocycles. The summed E-state index contributed by atoms with van der Waals surface area (Å²) in [6.45, 7) is 5.36. The number of hydrogen-bond acceptors (Lipinski definition) is 1. The lowest BCUT2D eigenvalue weighted by Gasteiger charge is -2.28. The predicted molar refractivity (Wildman–Crippen MR) is 53.9 cm³/mol. The maximum Gasteiger partial charge on any atom is 0.0109 e. The van der Waals surface area contributed by atoms with Crippen molar-refractivity contribution in [2.24, 2.45) is 17.6 Å². The Hall–Kier alpha value is -0.300. The average Bonchev–Trinajstić information content (AvgIpc) is 2.05. The first-order chi connectivity index (χ1) is 5.75. The Morgan fingerprint density at radius 1 is 1.50 bits per heavy atom. The molecule has 0 aliphatic heterocycles. The van der Waals surface area contributed by atoms with Crippen molar-refractivity contribution in [1.29, 1.82) is 0 Å². The first-order valence-electron chi connectivity index (χ1n) is 5.14. The fraction of sp³-hybridized carbons (Fsp3) is 0.818. The smallest absolute Gasteiger partial charge is 0.0109 e. The van der Waals surface area contributed by atoms with Crippen LogP contribution < -0.4 is 5.73 Å². The van der Waals surface area contributed by atoms with Gasteiger partial charge in [-0.3, -0.25) is 0 Å². The van der Waals surface area contributed by atoms with E-state index in [0.717, 1.165) is 18.4 Å². The highest BCUT2D eigenvalue weighted by Crippen LogP contribution is 2.34. The molecule has 0 aromatic carbocycles. The Morgan fingerprint density at radius 3 is 2.83 bits per heavy atom. The van der Waals surface area contributed by atoms with Crippen LogP contribution in [0.5, 0.6) is 0 Å². The van der Waals surface area contributed by atoms with Crippen molar-refractivity contribution in [3.05, 3.63) is 11.6 Å². The molecule has 1 atom stereocenters. The van der Waals surface area contributed by atoms with Crippen molar-refractivity contribution in [2.45, 2.75) is 39.5 Å². The molecule has 0 aromatic rings. The Morgan fingerprint density at radius 2 is 2.25 bits per heavy atom. The van der Waals surface area contributed by atoms with E-state index < -0.39 is 0 Å². The second-order valence-electron chi connectivity index (χ2n) is 4.11. The molecule has 1 heteroatoms. The van der Waals surface area contributed by atoms with Gasteiger partial charge in [-0.2, -0.15) is 0 Å². The zero-order valence-corrected chi connectivity index (χ0v) is 8.34. The van der Waals surface area contributed by atoms with Crippen LogP contribution >= 0.6 is 0 Å². The van der Waals surface area contributed by atoms with Crippen LogP contribution in [-0.2, 0) is 0 Å². The van der Waals surface area contributed by atoms with Crippen molar-refractivity contribution in [1.82, 2.24) is 0 Å². The zero-order chi connectivity index (χ0) is 8.97. The van der Waals surface area contributed by atoms with Gasteiger partial charge in [0, 0.05) is 6.54 Å². The number of allylic oxidation sites excluding steroid dienone is 1. The van der Waals surface area contributed by atoms with Gasteiger partial charge in [0.2, 0.25) is 0 Å². The van der Waals surface area contributed by atoms with Crippen LogP contribution in [0.1, 0.15) is 39.5 Å². The van der Waals surface area contributed by atoms with Crippen LogP contribution in [0, 0.1) is 11.8 Å². The lowest BCUT2D eigenvalue weighted by molar-refractivity contribution is 0.356. The average molecular weight is 167 g/mol. The van der Waals surface area contributed by atoms with E-state index in [-0.39, 0.29) is 0 Å². The van der Waals surface area contributed by atoms with E-state index in [2.05, 4.69) is 19.9 Å². The fourth-order valence-corrected chi connectivity index (χ4v) is 2.23. The van der Waals surface area contributed by atoms with E-state index in [0.29, 0.717) is 0 Å². The molecule has 70 valence electrons. The highest BCUT2D eigenvalue weighted by molar-refractivity contribution is 5.10. The second-order valence-corrected chi connectivity index (χ2v) is 4.11. The molecule has 2 N–H and O–H groups in total. The number of nitrogens with two attached hydrogens (primary N) is 1. The van der Waals surface area contributed by atoms with Crippen molar-refractivity contribution in [3.63, 3.8) is 0 Å². The quantitative estimate of drug-likeness (QED) is 0.629. The SMILES string of the molecule is CC(C)C1CCCCC1=CCN. The molecule has 1 aliphatic rings. The zero-order valence-electron chi connectivity index (χ0n) is 8.34. The van der Waals surface area contributed by atoms with E-state index in [1.807, 2.05) is 0 Å². The van der Waals surface area contributed by atoms with Gasteiger partial charge in [-0.05, 0) is 31.1 Å². The van der Waals surface area contributed by atoms with Crippen LogP contribution in [-0.4, -0.2) is 6.54 Å². The lowest BCUT2D eigenvalue weighted by atomic mass is 9.77. The maximum atomic E-state index is 5.55. The van der Waals surface area contributed by atoms with Gasteiger partial charge < -0.3 is 5.73 Å². The molecule has 0 heterocycles. The third-order valence-electron chi connectivity index (χ3n) is 2.89. The van der Waals surface area contributed by atoms with Crippen molar-refractivity contribution in [3.8, 4) is 0 Å². The summed E-state index contributed by atoms with van der Waals surface area (Å²) in [5.41, 5.74) is 7.17. The fourth-order valence-electron chi connectivity index (χ4n) is 2.23. The first kappa shape index (κ1) is 9.79. The highest BCUT2D eigenvalue weighted by atomic mass is 14.5. The van der Waals surface area contributed by atoms with Crippen LogP contribution in [0.25, 0.3) is 0 Å². The summed E-state index contributed by atoms with van der Waals surface area (Å²) in [6, 6.07) is 0. The number of rotatable bonds is 2. The molecule has 1 nitrogen and oxygen atoms in total. The van der Waals surface area contributed by atoms with Crippen molar-refractivity contribution < 1.29 is 0 Å². The minimum absolute atomic E-state index is 0.721. The highest BCUT2D eigenvalue weighted by Gasteiger charge is 2.20. The standard InChI is InChI=1S/C11H21N/c1-9(2)11-6-4-3-5-10(11)7-8-12/h7,9,11H,3-6,8,12H2,1-2H3. The monoisotopic (exact) mass is 167 g/mol. The molecule has 0 radical (unpaired) electrons. The molecule has 0 spiro atoms. The van der Waals surface area contributed by atoms with Crippen LogP contribution in [0.15, 0.2) is 11.6 Å². The topological polar surface area (TPSA) is 26.0 Å². The third-order valence-corrected chi connectivity index (χ3v) is 2.89. The first-order valence-corrected chi connectivity index (χ1v) is 5.14. The largest absolute Gasteiger partial charge is 0.327 e. The van der Waals surface area contributed by atoms with E-state index in [1.165, 1.54) is 25.7 Å². The lowest BCUT2D eigenvalue weighted by Crippen LogP contribution is -2.17. The van der Waals surface area contributed by atoms with Crippen LogP contribution in [0.4, 0.5) is 0 Å². The molecule has 12 heavy (non-hydrogen) atoms. The van der Waals surface area contributed by atoms with Gasteiger partial charge in [0.05, 0.1) is 0 Å². The normalized spacial score (nSPS) is 28.3. The summed E-state index contributed by atoms with van der Waals surface area (Å²) in [7, 11) is 0. The van der Waals surface area contributed by atoms with E-state index >= 15 is 0 Å². The Labute approximate surface area is 76.0 Å². The minimum atomic E-state index is 0.721. The summed E-state index contributed by atoms with van der Waals surface area (Å²) in [6.07, 6.45) is 7.69. The molecular weight excluding hydrogens is 146 g/mol. The summed E-state index contributed by atoms with van der Waals surface area (Å²) in [5, 5.41) is 0. The van der Waals surface area contributed by atoms with Gasteiger partial charge in [-0.25, -0.2) is 0 Å². The molecule has 1 saturated carbocycles. The Balaban J connectivity index is 2.60. The molecule has 1 fully saturated rings. The molecule has 0 amide bonds. The summed E-state index contributed by atoms with van der Waals surface area (Å²) in [5.74, 6) is 1.62. The summed E-state index contributed by atoms with van der Waals surface area (Å²) < 4.78 is 0. The third kappa shape index (κ3) is 2.34. The summed E-state index contributed by atoms with van der Waals surface area (Å²) in [4.78, 5) is 0. The van der Waals surface area contributed by atoms with E-state index in [1.54, 1.807) is 5.57 Å². The molecule has 0 bridgehead atoms.